The third-order valence-corrected chi connectivity index (χ3v) is 2.23. The van der Waals surface area contributed by atoms with Crippen molar-refractivity contribution in [3.05, 3.63) is 58.9 Å². The van der Waals surface area contributed by atoms with E-state index in [1.165, 1.54) is 6.20 Å². The van der Waals surface area contributed by atoms with E-state index in [-0.39, 0.29) is 0 Å². The number of rotatable bonds is 2. The van der Waals surface area contributed by atoms with Crippen molar-refractivity contribution in [2.24, 2.45) is 0 Å². The molecule has 0 aliphatic carbocycles. The van der Waals surface area contributed by atoms with E-state index in [1.807, 2.05) is 0 Å². The summed E-state index contributed by atoms with van der Waals surface area (Å²) in [6.07, 6.45) is 3.06. The molecule has 0 aliphatic rings. The zero-order valence-electron chi connectivity index (χ0n) is 8.92. The Morgan fingerprint density at radius 3 is 1.84 bits per heavy atom. The quantitative estimate of drug-likeness (QED) is 0.365. The van der Waals surface area contributed by atoms with Gasteiger partial charge >= 0.3 is 0 Å². The normalized spacial score (nSPS) is 10.6. The lowest BCUT2D eigenvalue weighted by molar-refractivity contribution is 0.102. The van der Waals surface area contributed by atoms with Crippen LogP contribution in [0.1, 0.15) is 16.1 Å². The Kier molecular flexibility index (Phi) is 3.24. The van der Waals surface area contributed by atoms with Crippen LogP contribution >= 0.6 is 0 Å². The van der Waals surface area contributed by atoms with Gasteiger partial charge in [0.1, 0.15) is 11.3 Å². The second kappa shape index (κ2) is 4.71. The zero-order valence-corrected chi connectivity index (χ0v) is 8.92. The first-order valence-corrected chi connectivity index (χ1v) is 4.77. The maximum absolute atomic E-state index is 13.3. The zero-order chi connectivity index (χ0) is 14.2. The molecule has 8 heteroatoms. The molecule has 0 fully saturated rings. The van der Waals surface area contributed by atoms with Crippen LogP contribution in [0.15, 0.2) is 18.6 Å². The molecule has 1 heterocycles. The number of carbonyl (C=O) groups is 1. The van der Waals surface area contributed by atoms with E-state index in [2.05, 4.69) is 9.97 Å². The van der Waals surface area contributed by atoms with Crippen LogP contribution in [0.3, 0.4) is 0 Å². The van der Waals surface area contributed by atoms with E-state index in [4.69, 9.17) is 0 Å². The standard InChI is InChI=1S/C11H3F5N2O/c12-6-5(7(13)9(15)10(16)8(6)14)11(19)4-3-17-1-2-18-4/h1-3H. The number of carbonyl (C=O) groups excluding carboxylic acids is 1. The Hall–Kier alpha value is -2.38. The first kappa shape index (κ1) is 13.1. The van der Waals surface area contributed by atoms with Gasteiger partial charge in [0.2, 0.25) is 11.6 Å². The lowest BCUT2D eigenvalue weighted by Crippen LogP contribution is -2.14. The summed E-state index contributed by atoms with van der Waals surface area (Å²) in [6.45, 7) is 0. The van der Waals surface area contributed by atoms with Crippen LogP contribution < -0.4 is 0 Å². The van der Waals surface area contributed by atoms with Crippen molar-refractivity contribution in [3.63, 3.8) is 0 Å². The molecule has 0 saturated carbocycles. The molecular formula is C11H3F5N2O. The Balaban J connectivity index is 2.67. The van der Waals surface area contributed by atoms with Crippen molar-refractivity contribution in [2.75, 3.05) is 0 Å². The molecule has 1 aromatic heterocycles. The Morgan fingerprint density at radius 2 is 1.37 bits per heavy atom. The molecule has 2 aromatic rings. The van der Waals surface area contributed by atoms with E-state index < -0.39 is 46.1 Å². The fraction of sp³-hybridized carbons (Fsp3) is 0. The monoisotopic (exact) mass is 274 g/mol. The van der Waals surface area contributed by atoms with Gasteiger partial charge < -0.3 is 0 Å². The molecule has 2 rings (SSSR count). The Bertz CT molecular complexity index is 631. The van der Waals surface area contributed by atoms with Crippen LogP contribution in [0, 0.1) is 29.1 Å². The summed E-state index contributed by atoms with van der Waals surface area (Å²) in [5.41, 5.74) is -2.09. The highest BCUT2D eigenvalue weighted by atomic mass is 19.2. The van der Waals surface area contributed by atoms with Crippen LogP contribution in [-0.4, -0.2) is 15.8 Å². The number of ketones is 1. The third-order valence-electron chi connectivity index (χ3n) is 2.23. The number of benzene rings is 1. The molecule has 0 saturated heterocycles. The lowest BCUT2D eigenvalue weighted by atomic mass is 10.1. The number of halogens is 5. The van der Waals surface area contributed by atoms with Gasteiger partial charge in [0.25, 0.3) is 0 Å². The molecule has 0 N–H and O–H groups in total. The van der Waals surface area contributed by atoms with Crippen LogP contribution in [0.5, 0.6) is 0 Å². The van der Waals surface area contributed by atoms with Crippen molar-refractivity contribution in [1.29, 1.82) is 0 Å². The number of aromatic nitrogens is 2. The average Bonchev–Trinajstić information content (AvgIpc) is 2.44. The van der Waals surface area contributed by atoms with E-state index in [0.29, 0.717) is 0 Å². The van der Waals surface area contributed by atoms with Gasteiger partial charge in [0.05, 0.1) is 6.20 Å². The molecule has 0 atom stereocenters. The molecule has 1 aromatic carbocycles. The van der Waals surface area contributed by atoms with Crippen molar-refractivity contribution in [2.45, 2.75) is 0 Å². The van der Waals surface area contributed by atoms with Gasteiger partial charge in [-0.25, -0.2) is 26.9 Å². The molecule has 0 radical (unpaired) electrons. The number of hydrogen-bond acceptors (Lipinski definition) is 3. The van der Waals surface area contributed by atoms with Crippen molar-refractivity contribution < 1.29 is 26.7 Å². The second-order valence-electron chi connectivity index (χ2n) is 3.36. The van der Waals surface area contributed by atoms with Crippen LogP contribution in [0.2, 0.25) is 0 Å². The predicted molar refractivity (Wildman–Crippen MR) is 51.7 cm³/mol. The van der Waals surface area contributed by atoms with Gasteiger partial charge in [-0.05, 0) is 0 Å². The van der Waals surface area contributed by atoms with Gasteiger partial charge in [-0.15, -0.1) is 0 Å². The summed E-state index contributed by atoms with van der Waals surface area (Å²) in [5, 5.41) is 0. The van der Waals surface area contributed by atoms with E-state index >= 15 is 0 Å². The van der Waals surface area contributed by atoms with Crippen molar-refractivity contribution in [1.82, 2.24) is 9.97 Å². The first-order valence-electron chi connectivity index (χ1n) is 4.77. The molecule has 0 spiro atoms. The van der Waals surface area contributed by atoms with Crippen molar-refractivity contribution >= 4 is 5.78 Å². The topological polar surface area (TPSA) is 42.9 Å². The molecule has 0 aliphatic heterocycles. The molecule has 19 heavy (non-hydrogen) atoms. The summed E-state index contributed by atoms with van der Waals surface area (Å²) >= 11 is 0. The summed E-state index contributed by atoms with van der Waals surface area (Å²) in [6, 6.07) is 0. The fourth-order valence-corrected chi connectivity index (χ4v) is 1.35. The minimum atomic E-state index is -2.33. The van der Waals surface area contributed by atoms with E-state index in [9.17, 15) is 26.7 Å². The summed E-state index contributed by atoms with van der Waals surface area (Å²) in [4.78, 5) is 18.6. The van der Waals surface area contributed by atoms with Gasteiger partial charge in [-0.2, -0.15) is 0 Å². The average molecular weight is 274 g/mol. The van der Waals surface area contributed by atoms with Gasteiger partial charge in [0.15, 0.2) is 23.3 Å². The summed E-state index contributed by atoms with van der Waals surface area (Å²) < 4.78 is 65.4. The Labute approximate surface area is 102 Å². The third kappa shape index (κ3) is 2.05. The van der Waals surface area contributed by atoms with Crippen molar-refractivity contribution in [3.8, 4) is 0 Å². The smallest absolute Gasteiger partial charge is 0.219 e. The van der Waals surface area contributed by atoms with Crippen LogP contribution in [0.25, 0.3) is 0 Å². The Morgan fingerprint density at radius 1 is 0.842 bits per heavy atom. The van der Waals surface area contributed by atoms with Crippen LogP contribution in [-0.2, 0) is 0 Å². The van der Waals surface area contributed by atoms with Crippen LogP contribution in [0.4, 0.5) is 22.0 Å². The van der Waals surface area contributed by atoms with Gasteiger partial charge in [-0.1, -0.05) is 0 Å². The van der Waals surface area contributed by atoms with Gasteiger partial charge in [0, 0.05) is 12.4 Å². The molecule has 98 valence electrons. The largest absolute Gasteiger partial charge is 0.287 e. The molecule has 0 bridgehead atoms. The fourth-order valence-electron chi connectivity index (χ4n) is 1.35. The summed E-state index contributed by atoms with van der Waals surface area (Å²) in [5.74, 6) is -12.6. The second-order valence-corrected chi connectivity index (χ2v) is 3.36. The number of hydrogen-bond donors (Lipinski definition) is 0. The van der Waals surface area contributed by atoms with Gasteiger partial charge in [-0.3, -0.25) is 9.78 Å². The lowest BCUT2D eigenvalue weighted by Gasteiger charge is -2.06. The SMILES string of the molecule is O=C(c1cnccn1)c1c(F)c(F)c(F)c(F)c1F. The minimum absolute atomic E-state index is 0.536. The summed E-state index contributed by atoms with van der Waals surface area (Å²) in [7, 11) is 0. The van der Waals surface area contributed by atoms with E-state index in [0.717, 1.165) is 12.4 Å². The first-order chi connectivity index (χ1) is 8.95. The highest BCUT2D eigenvalue weighted by Gasteiger charge is 2.30. The predicted octanol–water partition coefficient (Wildman–Crippen LogP) is 2.40. The molecule has 0 unspecified atom stereocenters. The highest BCUT2D eigenvalue weighted by molar-refractivity contribution is 6.07. The molecular weight excluding hydrogens is 271 g/mol. The molecule has 0 amide bonds. The van der Waals surface area contributed by atoms with E-state index in [1.54, 1.807) is 0 Å². The molecule has 3 nitrogen and oxygen atoms in total. The number of nitrogens with zero attached hydrogens (tertiary/aromatic N) is 2. The minimum Gasteiger partial charge on any atom is -0.287 e. The maximum Gasteiger partial charge on any atom is 0.219 e. The highest BCUT2D eigenvalue weighted by Crippen LogP contribution is 2.24. The maximum atomic E-state index is 13.3.